The first-order chi connectivity index (χ1) is 12.6. The average Bonchev–Trinajstić information content (AvgIpc) is 2.70. The number of hydrogen-bond acceptors (Lipinski definition) is 10. The molecule has 4 atom stereocenters. The Bertz CT molecular complexity index is 792. The van der Waals surface area contributed by atoms with Gasteiger partial charge >= 0.3 is 11.4 Å². The molecule has 1 aromatic rings. The number of ether oxygens (including phenoxy) is 1. The van der Waals surface area contributed by atoms with E-state index in [1.807, 2.05) is 0 Å². The molecule has 0 amide bonds. The third kappa shape index (κ3) is 3.05. The third-order valence-electron chi connectivity index (χ3n) is 5.11. The second-order valence-electron chi connectivity index (χ2n) is 6.68. The number of non-ortho nitro benzene ring substituents is 1. The van der Waals surface area contributed by atoms with E-state index in [1.165, 1.54) is 0 Å². The summed E-state index contributed by atoms with van der Waals surface area (Å²) < 4.78 is 5.71. The van der Waals surface area contributed by atoms with Crippen molar-refractivity contribution < 1.29 is 29.7 Å². The minimum Gasteiger partial charge on any atom is -0.460 e. The second-order valence-corrected chi connectivity index (χ2v) is 6.68. The summed E-state index contributed by atoms with van der Waals surface area (Å²) in [7, 11) is 1.58. The number of hydrogen-bond donors (Lipinski definition) is 2. The van der Waals surface area contributed by atoms with Gasteiger partial charge in [-0.3, -0.25) is 35.2 Å². The molecular weight excluding hydrogens is 368 g/mol. The van der Waals surface area contributed by atoms with Gasteiger partial charge in [0.25, 0.3) is 11.4 Å². The van der Waals surface area contributed by atoms with E-state index in [0.717, 1.165) is 0 Å². The molecule has 13 nitrogen and oxygen atoms in total. The number of likely N-dealkylation sites (N-methyl/N-ethyl adjacent to an activating group) is 1. The number of benzene rings is 1. The zero-order valence-corrected chi connectivity index (χ0v) is 14.0. The van der Waals surface area contributed by atoms with Gasteiger partial charge < -0.3 is 14.9 Å². The minimum absolute atomic E-state index is 0.0312. The number of nitro benzene ring substituents is 3. The summed E-state index contributed by atoms with van der Waals surface area (Å²) in [6.45, 7) is 0. The molecule has 2 fully saturated rings. The number of aliphatic hydroxyl groups is 2. The van der Waals surface area contributed by atoms with E-state index in [0.29, 0.717) is 12.1 Å². The van der Waals surface area contributed by atoms with Gasteiger partial charge in [0.05, 0.1) is 39.1 Å². The van der Waals surface area contributed by atoms with Crippen molar-refractivity contribution in [3.63, 3.8) is 0 Å². The summed E-state index contributed by atoms with van der Waals surface area (Å²) in [6, 6.07) is 0.687. The van der Waals surface area contributed by atoms with Crippen LogP contribution >= 0.6 is 0 Å². The lowest BCUT2D eigenvalue weighted by Gasteiger charge is -2.43. The quantitative estimate of drug-likeness (QED) is 0.541. The Morgan fingerprint density at radius 3 is 2.11 bits per heavy atom. The van der Waals surface area contributed by atoms with Crippen LogP contribution in [0.4, 0.5) is 17.1 Å². The molecular formula is C14H16N4O9. The van der Waals surface area contributed by atoms with Crippen LogP contribution in [0, 0.1) is 30.3 Å². The van der Waals surface area contributed by atoms with Gasteiger partial charge in [0.1, 0.15) is 0 Å². The van der Waals surface area contributed by atoms with Crippen LogP contribution < -0.4 is 4.74 Å². The Labute approximate surface area is 151 Å². The highest BCUT2D eigenvalue weighted by Crippen LogP contribution is 2.49. The fraction of sp³-hybridized carbons (Fsp3) is 0.571. The van der Waals surface area contributed by atoms with Crippen LogP contribution in [0.15, 0.2) is 12.1 Å². The van der Waals surface area contributed by atoms with Crippen LogP contribution in [0.25, 0.3) is 0 Å². The molecule has 2 aliphatic rings. The highest BCUT2D eigenvalue weighted by molar-refractivity contribution is 5.65. The van der Waals surface area contributed by atoms with Crippen molar-refractivity contribution in [3.05, 3.63) is 42.5 Å². The molecule has 2 N–H and O–H groups in total. The third-order valence-corrected chi connectivity index (χ3v) is 5.11. The Balaban J connectivity index is 2.15. The summed E-state index contributed by atoms with van der Waals surface area (Å²) in [5.41, 5.74) is -4.10. The molecule has 2 aliphatic heterocycles. The molecule has 4 unspecified atom stereocenters. The van der Waals surface area contributed by atoms with Crippen molar-refractivity contribution in [3.8, 4) is 5.75 Å². The maximum absolute atomic E-state index is 11.4. The maximum atomic E-state index is 11.4. The lowest BCUT2D eigenvalue weighted by atomic mass is 9.97. The Morgan fingerprint density at radius 1 is 1.07 bits per heavy atom. The smallest absolute Gasteiger partial charge is 0.325 e. The molecule has 0 saturated carbocycles. The van der Waals surface area contributed by atoms with Crippen LogP contribution in [0.2, 0.25) is 0 Å². The number of rotatable bonds is 5. The Hall–Kier alpha value is -2.90. The lowest BCUT2D eigenvalue weighted by molar-refractivity contribution is -0.405. The predicted molar refractivity (Wildman–Crippen MR) is 87.2 cm³/mol. The molecule has 2 bridgehead atoms. The highest BCUT2D eigenvalue weighted by atomic mass is 16.6. The van der Waals surface area contributed by atoms with E-state index in [1.54, 1.807) is 11.9 Å². The van der Waals surface area contributed by atoms with E-state index < -0.39 is 61.6 Å². The molecule has 0 spiro atoms. The molecule has 3 rings (SSSR count). The predicted octanol–water partition coefficient (Wildman–Crippen LogP) is 0.706. The monoisotopic (exact) mass is 384 g/mol. The first kappa shape index (κ1) is 18.9. The van der Waals surface area contributed by atoms with E-state index in [2.05, 4.69) is 0 Å². The normalized spacial score (nSPS) is 30.1. The number of piperidine rings is 1. The largest absolute Gasteiger partial charge is 0.460 e. The SMILES string of the molecule is CN1C2CC(O)CC1(Oc1c([N+](=O)[O-])cc([N+](=O)[O-])cc1[N+](=O)[O-])CC2O. The second kappa shape index (κ2) is 6.37. The van der Waals surface area contributed by atoms with E-state index >= 15 is 0 Å². The molecule has 2 heterocycles. The van der Waals surface area contributed by atoms with Gasteiger partial charge in [-0.25, -0.2) is 0 Å². The minimum atomic E-state index is -1.41. The first-order valence-corrected chi connectivity index (χ1v) is 7.95. The zero-order chi connectivity index (χ0) is 20.1. The van der Waals surface area contributed by atoms with Crippen molar-refractivity contribution in [2.75, 3.05) is 7.05 Å². The Kier molecular flexibility index (Phi) is 4.45. The van der Waals surface area contributed by atoms with Gasteiger partial charge in [-0.15, -0.1) is 0 Å². The topological polar surface area (TPSA) is 182 Å². The van der Waals surface area contributed by atoms with Crippen molar-refractivity contribution >= 4 is 17.1 Å². The van der Waals surface area contributed by atoms with E-state index in [9.17, 15) is 40.6 Å². The van der Waals surface area contributed by atoms with Crippen LogP contribution in [0.1, 0.15) is 19.3 Å². The molecule has 27 heavy (non-hydrogen) atoms. The average molecular weight is 384 g/mol. The highest BCUT2D eigenvalue weighted by Gasteiger charge is 2.57. The van der Waals surface area contributed by atoms with Gasteiger partial charge in [-0.2, -0.15) is 0 Å². The van der Waals surface area contributed by atoms with E-state index in [4.69, 9.17) is 4.74 Å². The van der Waals surface area contributed by atoms with Gasteiger partial charge in [0.2, 0.25) is 0 Å². The van der Waals surface area contributed by atoms with Crippen LogP contribution in [-0.4, -0.2) is 60.9 Å². The standard InChI is InChI=1S/C14H16N4O9/c1-15-9-4-8(19)5-14(15,6-12(9)20)27-13-10(17(23)24)2-7(16(21)22)3-11(13)18(25)26/h2-3,8-9,12,19-20H,4-6H2,1H3. The van der Waals surface area contributed by atoms with Crippen molar-refractivity contribution in [2.45, 2.75) is 43.2 Å². The zero-order valence-electron chi connectivity index (χ0n) is 14.0. The van der Waals surface area contributed by atoms with Crippen molar-refractivity contribution in [1.29, 1.82) is 0 Å². The maximum Gasteiger partial charge on any atom is 0.325 e. The van der Waals surface area contributed by atoms with Gasteiger partial charge in [0, 0.05) is 18.9 Å². The molecule has 146 valence electrons. The van der Waals surface area contributed by atoms with E-state index in [-0.39, 0.29) is 19.3 Å². The molecule has 0 aliphatic carbocycles. The summed E-state index contributed by atoms with van der Waals surface area (Å²) in [5, 5.41) is 54.0. The van der Waals surface area contributed by atoms with Crippen LogP contribution in [0.5, 0.6) is 5.75 Å². The van der Waals surface area contributed by atoms with Crippen molar-refractivity contribution in [2.24, 2.45) is 0 Å². The summed E-state index contributed by atoms with van der Waals surface area (Å²) in [5.74, 6) is -0.746. The van der Waals surface area contributed by atoms with Gasteiger partial charge in [-0.05, 0) is 13.5 Å². The number of aliphatic hydroxyl groups excluding tert-OH is 2. The van der Waals surface area contributed by atoms with Gasteiger partial charge in [0.15, 0.2) is 5.72 Å². The molecule has 2 saturated heterocycles. The lowest BCUT2D eigenvalue weighted by Crippen LogP contribution is -2.56. The fourth-order valence-corrected chi connectivity index (χ4v) is 3.85. The van der Waals surface area contributed by atoms with Crippen molar-refractivity contribution in [1.82, 2.24) is 4.90 Å². The van der Waals surface area contributed by atoms with Crippen LogP contribution in [-0.2, 0) is 0 Å². The Morgan fingerprint density at radius 2 is 1.63 bits per heavy atom. The summed E-state index contributed by atoms with van der Waals surface area (Å²) in [6.07, 6.45) is -1.59. The molecule has 0 radical (unpaired) electrons. The molecule has 0 aromatic heterocycles. The molecule has 13 heteroatoms. The van der Waals surface area contributed by atoms with Crippen LogP contribution in [0.3, 0.4) is 0 Å². The van der Waals surface area contributed by atoms with Gasteiger partial charge in [-0.1, -0.05) is 0 Å². The number of nitrogens with zero attached hydrogens (tertiary/aromatic N) is 4. The fourth-order valence-electron chi connectivity index (χ4n) is 3.85. The number of fused-ring (bicyclic) bond motifs is 2. The summed E-state index contributed by atoms with van der Waals surface area (Å²) >= 11 is 0. The number of nitro groups is 3. The first-order valence-electron chi connectivity index (χ1n) is 7.95. The molecule has 1 aromatic carbocycles. The summed E-state index contributed by atoms with van der Waals surface area (Å²) in [4.78, 5) is 32.3.